The highest BCUT2D eigenvalue weighted by Crippen LogP contribution is 2.32. The van der Waals surface area contributed by atoms with Crippen LogP contribution in [0.25, 0.3) is 27.9 Å². The van der Waals surface area contributed by atoms with Gasteiger partial charge in [-0.25, -0.2) is 9.97 Å². The number of aromatic nitrogens is 3. The molecule has 0 saturated heterocycles. The quantitative estimate of drug-likeness (QED) is 0.239. The number of methoxy groups -OCH3 is 1. The van der Waals surface area contributed by atoms with E-state index in [0.29, 0.717) is 5.82 Å². The third-order valence-electron chi connectivity index (χ3n) is 5.82. The summed E-state index contributed by atoms with van der Waals surface area (Å²) in [6.45, 7) is 7.99. The van der Waals surface area contributed by atoms with Gasteiger partial charge >= 0.3 is 6.18 Å². The number of rotatable bonds is 7. The second-order valence-electron chi connectivity index (χ2n) is 8.70. The van der Waals surface area contributed by atoms with E-state index in [1.807, 2.05) is 62.4 Å². The molecule has 4 aromatic rings. The van der Waals surface area contributed by atoms with Crippen LogP contribution in [0.2, 0.25) is 0 Å². The van der Waals surface area contributed by atoms with Crippen molar-refractivity contribution in [1.29, 1.82) is 0 Å². The van der Waals surface area contributed by atoms with E-state index in [1.54, 1.807) is 25.6 Å². The van der Waals surface area contributed by atoms with Gasteiger partial charge < -0.3 is 10.5 Å². The fraction of sp³-hybridized carbons (Fsp3) is 0.156. The van der Waals surface area contributed by atoms with Crippen molar-refractivity contribution in [2.24, 2.45) is 5.73 Å². The van der Waals surface area contributed by atoms with Crippen LogP contribution in [0.15, 0.2) is 110 Å². The molecule has 0 radical (unpaired) electrons. The fourth-order valence-corrected chi connectivity index (χ4v) is 3.70. The van der Waals surface area contributed by atoms with Gasteiger partial charge in [-0.05, 0) is 79.2 Å². The SMILES string of the molecule is C=C(C)/C(=C/C=C\C=C\N)c1nc(-c2cccnc2)nc2ccc(OC)cc12.CCc1ccc(C(F)(F)F)cc1. The van der Waals surface area contributed by atoms with Crippen molar-refractivity contribution in [3.8, 4) is 17.1 Å². The van der Waals surface area contributed by atoms with Crippen molar-refractivity contribution < 1.29 is 17.9 Å². The van der Waals surface area contributed by atoms with E-state index in [1.165, 1.54) is 18.3 Å². The van der Waals surface area contributed by atoms with Gasteiger partial charge in [0.2, 0.25) is 0 Å². The highest BCUT2D eigenvalue weighted by molar-refractivity contribution is 5.95. The van der Waals surface area contributed by atoms with Crippen molar-refractivity contribution >= 4 is 16.5 Å². The maximum atomic E-state index is 12.0. The van der Waals surface area contributed by atoms with Gasteiger partial charge in [0, 0.05) is 28.9 Å². The Morgan fingerprint density at radius 1 is 1.02 bits per heavy atom. The minimum atomic E-state index is -4.22. The summed E-state index contributed by atoms with van der Waals surface area (Å²) < 4.78 is 41.5. The number of nitrogens with two attached hydrogens (primary N) is 1. The summed E-state index contributed by atoms with van der Waals surface area (Å²) in [6, 6.07) is 14.8. The van der Waals surface area contributed by atoms with E-state index in [-0.39, 0.29) is 0 Å². The minimum absolute atomic E-state index is 0.584. The number of alkyl halides is 3. The maximum Gasteiger partial charge on any atom is 0.416 e. The molecule has 206 valence electrons. The lowest BCUT2D eigenvalue weighted by Crippen LogP contribution is -2.04. The Hall–Kier alpha value is -4.72. The normalized spacial score (nSPS) is 12.0. The molecule has 2 aromatic heterocycles. The number of halogens is 3. The first kappa shape index (κ1) is 29.8. The summed E-state index contributed by atoms with van der Waals surface area (Å²) in [4.78, 5) is 13.8. The predicted octanol–water partition coefficient (Wildman–Crippen LogP) is 7.96. The molecule has 0 aliphatic carbocycles. The molecule has 0 amide bonds. The van der Waals surface area contributed by atoms with Crippen molar-refractivity contribution in [3.05, 3.63) is 126 Å². The molecule has 0 spiro atoms. The summed E-state index contributed by atoms with van der Waals surface area (Å²) in [5.41, 5.74) is 9.99. The summed E-state index contributed by atoms with van der Waals surface area (Å²) in [5, 5.41) is 0.893. The topological polar surface area (TPSA) is 73.9 Å². The number of aryl methyl sites for hydroxylation is 1. The predicted molar refractivity (Wildman–Crippen MR) is 155 cm³/mol. The third kappa shape index (κ3) is 7.89. The first-order valence-electron chi connectivity index (χ1n) is 12.5. The van der Waals surface area contributed by atoms with E-state index in [4.69, 9.17) is 20.4 Å². The maximum absolute atomic E-state index is 12.0. The number of benzene rings is 2. The Kier molecular flexibility index (Phi) is 10.4. The standard InChI is InChI=1S/C23H22N4O.C9H9F3/c1-16(2)19(9-5-4-6-12-24)22-20-14-18(28-3)10-11-21(20)26-23(27-22)17-8-7-13-25-15-17;1-2-7-3-5-8(6-4-7)9(10,11)12/h4-15H,1,24H2,2-3H3;3-6H,2H2,1H3/b5-4-,12-6+,19-9-;. The monoisotopic (exact) mass is 544 g/mol. The average Bonchev–Trinajstić information content (AvgIpc) is 2.96. The Morgan fingerprint density at radius 2 is 1.77 bits per heavy atom. The number of allylic oxidation sites excluding steroid dienone is 6. The van der Waals surface area contributed by atoms with Crippen LogP contribution in [0, 0.1) is 0 Å². The van der Waals surface area contributed by atoms with Crippen LogP contribution in [0.4, 0.5) is 13.2 Å². The number of hydrogen-bond donors (Lipinski definition) is 1. The van der Waals surface area contributed by atoms with Gasteiger partial charge in [-0.15, -0.1) is 0 Å². The summed E-state index contributed by atoms with van der Waals surface area (Å²) in [7, 11) is 1.64. The van der Waals surface area contributed by atoms with Crippen LogP contribution >= 0.6 is 0 Å². The van der Waals surface area contributed by atoms with Crippen LogP contribution in [-0.4, -0.2) is 22.1 Å². The number of fused-ring (bicyclic) bond motifs is 1. The lowest BCUT2D eigenvalue weighted by Gasteiger charge is -2.13. The number of ether oxygens (including phenoxy) is 1. The van der Waals surface area contributed by atoms with E-state index in [0.717, 1.165) is 63.2 Å². The molecule has 2 N–H and O–H groups in total. The molecule has 8 heteroatoms. The largest absolute Gasteiger partial charge is 0.497 e. The van der Waals surface area contributed by atoms with Crippen molar-refractivity contribution in [2.45, 2.75) is 26.4 Å². The summed E-state index contributed by atoms with van der Waals surface area (Å²) in [6.07, 6.45) is 9.00. The zero-order chi connectivity index (χ0) is 29.1. The van der Waals surface area contributed by atoms with Gasteiger partial charge in [0.05, 0.1) is 23.9 Å². The van der Waals surface area contributed by atoms with Crippen LogP contribution in [0.5, 0.6) is 5.75 Å². The second-order valence-corrected chi connectivity index (χ2v) is 8.70. The first-order valence-corrected chi connectivity index (χ1v) is 12.5. The molecule has 4 rings (SSSR count). The van der Waals surface area contributed by atoms with Gasteiger partial charge in [0.15, 0.2) is 5.82 Å². The molecule has 0 atom stereocenters. The Morgan fingerprint density at radius 3 is 2.35 bits per heavy atom. The molecule has 0 aliphatic heterocycles. The zero-order valence-electron chi connectivity index (χ0n) is 22.6. The smallest absolute Gasteiger partial charge is 0.416 e. The second kappa shape index (κ2) is 13.9. The van der Waals surface area contributed by atoms with Crippen LogP contribution in [0.1, 0.15) is 30.7 Å². The van der Waals surface area contributed by atoms with E-state index >= 15 is 0 Å². The zero-order valence-corrected chi connectivity index (χ0v) is 22.6. The van der Waals surface area contributed by atoms with Crippen LogP contribution < -0.4 is 10.5 Å². The number of hydrogen-bond acceptors (Lipinski definition) is 5. The van der Waals surface area contributed by atoms with Crippen molar-refractivity contribution in [3.63, 3.8) is 0 Å². The molecule has 2 aromatic carbocycles. The Labute approximate surface area is 232 Å². The molecule has 0 fully saturated rings. The molecule has 0 bridgehead atoms. The molecule has 5 nitrogen and oxygen atoms in total. The van der Waals surface area contributed by atoms with Gasteiger partial charge in [0.1, 0.15) is 5.75 Å². The number of pyridine rings is 1. The Bertz CT molecular complexity index is 1520. The summed E-state index contributed by atoms with van der Waals surface area (Å²) in [5.74, 6) is 1.35. The lowest BCUT2D eigenvalue weighted by molar-refractivity contribution is -0.137. The molecular formula is C32H31F3N4O. The van der Waals surface area contributed by atoms with E-state index in [2.05, 4.69) is 11.6 Å². The third-order valence-corrected chi connectivity index (χ3v) is 5.82. The molecule has 40 heavy (non-hydrogen) atoms. The van der Waals surface area contributed by atoms with Crippen LogP contribution in [-0.2, 0) is 12.6 Å². The molecule has 0 saturated carbocycles. The molecule has 2 heterocycles. The summed E-state index contributed by atoms with van der Waals surface area (Å²) >= 11 is 0. The number of nitrogens with zero attached hydrogens (tertiary/aromatic N) is 3. The highest BCUT2D eigenvalue weighted by atomic mass is 19.4. The van der Waals surface area contributed by atoms with Crippen molar-refractivity contribution in [1.82, 2.24) is 15.0 Å². The fourth-order valence-electron chi connectivity index (χ4n) is 3.70. The highest BCUT2D eigenvalue weighted by Gasteiger charge is 2.29. The first-order chi connectivity index (χ1) is 19.2. The molecule has 0 unspecified atom stereocenters. The van der Waals surface area contributed by atoms with Gasteiger partial charge in [-0.3, -0.25) is 4.98 Å². The van der Waals surface area contributed by atoms with Gasteiger partial charge in [-0.1, -0.05) is 43.9 Å². The Balaban J connectivity index is 0.000000307. The van der Waals surface area contributed by atoms with E-state index < -0.39 is 11.7 Å². The minimum Gasteiger partial charge on any atom is -0.497 e. The van der Waals surface area contributed by atoms with Crippen molar-refractivity contribution in [2.75, 3.05) is 7.11 Å². The molecule has 0 aliphatic rings. The average molecular weight is 545 g/mol. The van der Waals surface area contributed by atoms with Crippen LogP contribution in [0.3, 0.4) is 0 Å². The lowest BCUT2D eigenvalue weighted by atomic mass is 10.00. The van der Waals surface area contributed by atoms with Gasteiger partial charge in [0.25, 0.3) is 0 Å². The van der Waals surface area contributed by atoms with Gasteiger partial charge in [-0.2, -0.15) is 13.2 Å². The van der Waals surface area contributed by atoms with E-state index in [9.17, 15) is 13.2 Å². The molecular weight excluding hydrogens is 513 g/mol.